The van der Waals surface area contributed by atoms with Crippen molar-refractivity contribution >= 4 is 17.5 Å². The highest BCUT2D eigenvalue weighted by Crippen LogP contribution is 2.36. The molecule has 21 heavy (non-hydrogen) atoms. The van der Waals surface area contributed by atoms with Crippen LogP contribution in [0.25, 0.3) is 0 Å². The van der Waals surface area contributed by atoms with Gasteiger partial charge in [-0.1, -0.05) is 30.7 Å². The smallest absolute Gasteiger partial charge is 0.229 e. The summed E-state index contributed by atoms with van der Waals surface area (Å²) < 4.78 is 0. The van der Waals surface area contributed by atoms with E-state index in [4.69, 9.17) is 11.6 Å². The number of benzene rings is 1. The summed E-state index contributed by atoms with van der Waals surface area (Å²) in [7, 11) is 1.91. The third kappa shape index (κ3) is 3.41. The standard InChI is InChI=1S/C17H25ClN2O/c1-4-17(8-10-19-11-9-17)16(21)20(3)13(2)14-6-5-7-15(18)12-14/h5-7,12-13,19H,4,8-11H2,1-3H3. The molecule has 0 radical (unpaired) electrons. The van der Waals surface area contributed by atoms with Crippen LogP contribution in [0.2, 0.25) is 5.02 Å². The van der Waals surface area contributed by atoms with E-state index in [-0.39, 0.29) is 17.4 Å². The van der Waals surface area contributed by atoms with Crippen LogP contribution in [-0.2, 0) is 4.79 Å². The van der Waals surface area contributed by atoms with Gasteiger partial charge in [0, 0.05) is 12.1 Å². The predicted molar refractivity (Wildman–Crippen MR) is 87.5 cm³/mol. The number of carbonyl (C=O) groups excluding carboxylic acids is 1. The first-order valence-corrected chi connectivity index (χ1v) is 8.11. The fourth-order valence-corrected chi connectivity index (χ4v) is 3.36. The quantitative estimate of drug-likeness (QED) is 0.921. The molecule has 0 bridgehead atoms. The first-order valence-electron chi connectivity index (χ1n) is 7.73. The Hall–Kier alpha value is -1.06. The third-order valence-electron chi connectivity index (χ3n) is 4.92. The number of halogens is 1. The lowest BCUT2D eigenvalue weighted by molar-refractivity contribution is -0.144. The molecule has 116 valence electrons. The molecule has 1 fully saturated rings. The van der Waals surface area contributed by atoms with Crippen LogP contribution in [0.1, 0.15) is 44.7 Å². The molecule has 1 unspecified atom stereocenters. The van der Waals surface area contributed by atoms with Crippen LogP contribution in [-0.4, -0.2) is 30.9 Å². The lowest BCUT2D eigenvalue weighted by atomic mass is 9.75. The maximum absolute atomic E-state index is 13.0. The number of nitrogens with zero attached hydrogens (tertiary/aromatic N) is 1. The van der Waals surface area contributed by atoms with E-state index >= 15 is 0 Å². The molecule has 1 aromatic carbocycles. The Bertz CT molecular complexity index is 497. The molecule has 0 spiro atoms. The number of amides is 1. The topological polar surface area (TPSA) is 32.3 Å². The maximum Gasteiger partial charge on any atom is 0.229 e. The van der Waals surface area contributed by atoms with E-state index in [1.165, 1.54) is 0 Å². The van der Waals surface area contributed by atoms with Crippen LogP contribution in [0.15, 0.2) is 24.3 Å². The van der Waals surface area contributed by atoms with E-state index in [0.717, 1.165) is 37.9 Å². The zero-order chi connectivity index (χ0) is 15.5. The second-order valence-corrected chi connectivity index (χ2v) is 6.47. The molecule has 0 aliphatic carbocycles. The van der Waals surface area contributed by atoms with Crippen molar-refractivity contribution in [2.75, 3.05) is 20.1 Å². The van der Waals surface area contributed by atoms with Crippen molar-refractivity contribution in [3.8, 4) is 0 Å². The highest BCUT2D eigenvalue weighted by molar-refractivity contribution is 6.30. The van der Waals surface area contributed by atoms with E-state index in [1.807, 2.05) is 36.2 Å². The Morgan fingerprint density at radius 1 is 1.43 bits per heavy atom. The van der Waals surface area contributed by atoms with E-state index < -0.39 is 0 Å². The van der Waals surface area contributed by atoms with Crippen molar-refractivity contribution in [3.63, 3.8) is 0 Å². The largest absolute Gasteiger partial charge is 0.339 e. The molecule has 1 aliphatic heterocycles. The lowest BCUT2D eigenvalue weighted by Crippen LogP contribution is -2.48. The van der Waals surface area contributed by atoms with Crippen molar-refractivity contribution in [2.24, 2.45) is 5.41 Å². The van der Waals surface area contributed by atoms with Gasteiger partial charge in [0.25, 0.3) is 0 Å². The fourth-order valence-electron chi connectivity index (χ4n) is 3.16. The van der Waals surface area contributed by atoms with Crippen LogP contribution in [0.3, 0.4) is 0 Å². The zero-order valence-corrected chi connectivity index (χ0v) is 13.9. The highest BCUT2D eigenvalue weighted by atomic mass is 35.5. The number of hydrogen-bond donors (Lipinski definition) is 1. The Morgan fingerprint density at radius 3 is 2.67 bits per heavy atom. The third-order valence-corrected chi connectivity index (χ3v) is 5.16. The van der Waals surface area contributed by atoms with E-state index in [9.17, 15) is 4.79 Å². The van der Waals surface area contributed by atoms with Gasteiger partial charge in [0.1, 0.15) is 0 Å². The summed E-state index contributed by atoms with van der Waals surface area (Å²) >= 11 is 6.06. The average Bonchev–Trinajstić information content (AvgIpc) is 2.53. The fraction of sp³-hybridized carbons (Fsp3) is 0.588. The SMILES string of the molecule is CCC1(C(=O)N(C)C(C)c2cccc(Cl)c2)CCNCC1. The van der Waals surface area contributed by atoms with Gasteiger partial charge in [-0.15, -0.1) is 0 Å². The van der Waals surface area contributed by atoms with E-state index in [2.05, 4.69) is 19.2 Å². The minimum Gasteiger partial charge on any atom is -0.339 e. The van der Waals surface area contributed by atoms with Gasteiger partial charge in [-0.2, -0.15) is 0 Å². The Balaban J connectivity index is 2.17. The second-order valence-electron chi connectivity index (χ2n) is 6.03. The van der Waals surface area contributed by atoms with Gasteiger partial charge in [0.05, 0.1) is 11.5 Å². The summed E-state index contributed by atoms with van der Waals surface area (Å²) in [6, 6.07) is 7.81. The molecule has 3 nitrogen and oxygen atoms in total. The highest BCUT2D eigenvalue weighted by Gasteiger charge is 2.40. The first kappa shape index (κ1) is 16.3. The molecule has 1 N–H and O–H groups in total. The summed E-state index contributed by atoms with van der Waals surface area (Å²) in [5.74, 6) is 0.263. The Labute approximate surface area is 132 Å². The molecular formula is C17H25ClN2O. The van der Waals surface area contributed by atoms with Crippen molar-refractivity contribution < 1.29 is 4.79 Å². The molecule has 4 heteroatoms. The average molecular weight is 309 g/mol. The van der Waals surface area contributed by atoms with Gasteiger partial charge in [-0.25, -0.2) is 0 Å². The molecule has 1 atom stereocenters. The molecule has 0 aromatic heterocycles. The zero-order valence-electron chi connectivity index (χ0n) is 13.2. The number of carbonyl (C=O) groups is 1. The van der Waals surface area contributed by atoms with Crippen LogP contribution in [0.4, 0.5) is 0 Å². The Morgan fingerprint density at radius 2 is 2.10 bits per heavy atom. The van der Waals surface area contributed by atoms with E-state index in [0.29, 0.717) is 5.02 Å². The van der Waals surface area contributed by atoms with Crippen LogP contribution >= 0.6 is 11.6 Å². The van der Waals surface area contributed by atoms with Crippen molar-refractivity contribution in [2.45, 2.75) is 39.2 Å². The van der Waals surface area contributed by atoms with Gasteiger partial charge in [-0.05, 0) is 57.0 Å². The minimum atomic E-state index is -0.202. The number of nitrogens with one attached hydrogen (secondary N) is 1. The second kappa shape index (κ2) is 6.80. The molecule has 1 saturated heterocycles. The van der Waals surface area contributed by atoms with Gasteiger partial charge < -0.3 is 10.2 Å². The monoisotopic (exact) mass is 308 g/mol. The van der Waals surface area contributed by atoms with Gasteiger partial charge in [0.15, 0.2) is 0 Å². The molecular weight excluding hydrogens is 284 g/mol. The van der Waals surface area contributed by atoms with E-state index in [1.54, 1.807) is 0 Å². The van der Waals surface area contributed by atoms with Crippen molar-refractivity contribution in [1.82, 2.24) is 10.2 Å². The molecule has 1 aliphatic rings. The van der Waals surface area contributed by atoms with Gasteiger partial charge in [0.2, 0.25) is 5.91 Å². The van der Waals surface area contributed by atoms with Gasteiger partial charge in [-0.3, -0.25) is 4.79 Å². The summed E-state index contributed by atoms with van der Waals surface area (Å²) in [6.45, 7) is 6.05. The molecule has 1 heterocycles. The first-order chi connectivity index (χ1) is 10.00. The van der Waals surface area contributed by atoms with Crippen LogP contribution in [0.5, 0.6) is 0 Å². The molecule has 2 rings (SSSR count). The summed E-state index contributed by atoms with van der Waals surface area (Å²) in [5.41, 5.74) is 0.880. The van der Waals surface area contributed by atoms with Crippen LogP contribution in [0, 0.1) is 5.41 Å². The number of rotatable bonds is 4. The minimum absolute atomic E-state index is 0.0366. The number of hydrogen-bond acceptors (Lipinski definition) is 2. The normalized spacial score (nSPS) is 19.0. The lowest BCUT2D eigenvalue weighted by Gasteiger charge is -2.40. The molecule has 1 aromatic rings. The number of piperidine rings is 1. The summed E-state index contributed by atoms with van der Waals surface area (Å²) in [5, 5.41) is 4.06. The summed E-state index contributed by atoms with van der Waals surface area (Å²) in [6.07, 6.45) is 2.75. The predicted octanol–water partition coefficient (Wildman–Crippen LogP) is 3.64. The maximum atomic E-state index is 13.0. The van der Waals surface area contributed by atoms with Crippen molar-refractivity contribution in [1.29, 1.82) is 0 Å². The molecule has 0 saturated carbocycles. The molecule has 1 amide bonds. The Kier molecular flexibility index (Phi) is 5.28. The van der Waals surface area contributed by atoms with Crippen molar-refractivity contribution in [3.05, 3.63) is 34.9 Å². The summed E-state index contributed by atoms with van der Waals surface area (Å²) in [4.78, 5) is 14.9. The van der Waals surface area contributed by atoms with Gasteiger partial charge >= 0.3 is 0 Å². The van der Waals surface area contributed by atoms with Crippen LogP contribution < -0.4 is 5.32 Å².